The zero-order valence-corrected chi connectivity index (χ0v) is 12.9. The maximum atomic E-state index is 11.4. The molecule has 0 radical (unpaired) electrons. The molecule has 0 spiro atoms. The third kappa shape index (κ3) is 9.18. The zero-order chi connectivity index (χ0) is 15.7. The van der Waals surface area contributed by atoms with Gasteiger partial charge in [0.1, 0.15) is 12.2 Å². The van der Waals surface area contributed by atoms with Crippen molar-refractivity contribution in [2.24, 2.45) is 0 Å². The molecule has 2 N–H and O–H groups in total. The van der Waals surface area contributed by atoms with Crippen LogP contribution >= 0.6 is 0 Å². The van der Waals surface area contributed by atoms with E-state index in [1.807, 2.05) is 31.2 Å². The van der Waals surface area contributed by atoms with E-state index in [4.69, 9.17) is 9.78 Å². The summed E-state index contributed by atoms with van der Waals surface area (Å²) >= 11 is 0. The summed E-state index contributed by atoms with van der Waals surface area (Å²) in [6.07, 6.45) is 12.6. The SMILES string of the molecule is CC1C=CC(/C=C/CC/C=C/C(=O)NCC(C)(C)O)OO1. The molecule has 2 atom stereocenters. The molecule has 1 aliphatic heterocycles. The van der Waals surface area contributed by atoms with Gasteiger partial charge in [0.05, 0.1) is 5.60 Å². The summed E-state index contributed by atoms with van der Waals surface area (Å²) in [5.74, 6) is -0.193. The summed E-state index contributed by atoms with van der Waals surface area (Å²) < 4.78 is 0. The summed E-state index contributed by atoms with van der Waals surface area (Å²) in [5, 5.41) is 12.1. The molecule has 0 aromatic heterocycles. The Morgan fingerprint density at radius 3 is 2.62 bits per heavy atom. The van der Waals surface area contributed by atoms with Gasteiger partial charge in [-0.1, -0.05) is 30.4 Å². The van der Waals surface area contributed by atoms with E-state index in [1.165, 1.54) is 6.08 Å². The van der Waals surface area contributed by atoms with Gasteiger partial charge in [-0.25, -0.2) is 9.78 Å². The van der Waals surface area contributed by atoms with Gasteiger partial charge in [-0.15, -0.1) is 0 Å². The first-order valence-corrected chi connectivity index (χ1v) is 7.21. The van der Waals surface area contributed by atoms with Crippen LogP contribution in [-0.2, 0) is 14.6 Å². The van der Waals surface area contributed by atoms with Gasteiger partial charge in [0.2, 0.25) is 5.91 Å². The molecule has 118 valence electrons. The Kier molecular flexibility index (Phi) is 7.36. The normalized spacial score (nSPS) is 23.0. The van der Waals surface area contributed by atoms with Crippen molar-refractivity contribution in [2.75, 3.05) is 6.54 Å². The Hall–Kier alpha value is -1.43. The minimum atomic E-state index is -0.890. The standard InChI is InChI=1S/C16H25NO4/c1-13-10-11-14(21-20-13)8-6-4-5-7-9-15(18)17-12-16(2,3)19/h6-11,13-14,19H,4-5,12H2,1-3H3,(H,17,18)/b8-6+,9-7+. The van der Waals surface area contributed by atoms with Crippen molar-refractivity contribution < 1.29 is 19.7 Å². The summed E-state index contributed by atoms with van der Waals surface area (Å²) in [7, 11) is 0. The topological polar surface area (TPSA) is 67.8 Å². The fourth-order valence-corrected chi connectivity index (χ4v) is 1.55. The highest BCUT2D eigenvalue weighted by molar-refractivity contribution is 5.87. The van der Waals surface area contributed by atoms with E-state index in [0.717, 1.165) is 12.8 Å². The fourth-order valence-electron chi connectivity index (χ4n) is 1.55. The molecular formula is C16H25NO4. The molecular weight excluding hydrogens is 270 g/mol. The highest BCUT2D eigenvalue weighted by Gasteiger charge is 2.12. The number of nitrogens with one attached hydrogen (secondary N) is 1. The average Bonchev–Trinajstić information content (AvgIpc) is 2.41. The Morgan fingerprint density at radius 2 is 2.00 bits per heavy atom. The van der Waals surface area contributed by atoms with Gasteiger partial charge in [0.25, 0.3) is 0 Å². The number of carbonyl (C=O) groups is 1. The molecule has 0 fully saturated rings. The Bertz CT molecular complexity index is 407. The smallest absolute Gasteiger partial charge is 0.243 e. The van der Waals surface area contributed by atoms with Crippen LogP contribution in [0.2, 0.25) is 0 Å². The Labute approximate surface area is 126 Å². The van der Waals surface area contributed by atoms with Gasteiger partial charge in [-0.2, -0.15) is 0 Å². The van der Waals surface area contributed by atoms with Crippen molar-refractivity contribution in [1.82, 2.24) is 5.32 Å². The molecule has 5 nitrogen and oxygen atoms in total. The molecule has 0 bridgehead atoms. The van der Waals surface area contributed by atoms with E-state index in [9.17, 15) is 9.90 Å². The largest absolute Gasteiger partial charge is 0.389 e. The summed E-state index contributed by atoms with van der Waals surface area (Å²) in [4.78, 5) is 21.6. The Balaban J connectivity index is 2.14. The number of rotatable bonds is 7. The van der Waals surface area contributed by atoms with Gasteiger partial charge < -0.3 is 10.4 Å². The number of carbonyl (C=O) groups excluding carboxylic acids is 1. The average molecular weight is 295 g/mol. The minimum Gasteiger partial charge on any atom is -0.389 e. The maximum absolute atomic E-state index is 11.4. The van der Waals surface area contributed by atoms with E-state index in [2.05, 4.69) is 5.32 Å². The molecule has 1 heterocycles. The molecule has 2 unspecified atom stereocenters. The van der Waals surface area contributed by atoms with Gasteiger partial charge in [0, 0.05) is 6.54 Å². The van der Waals surface area contributed by atoms with E-state index in [0.29, 0.717) is 0 Å². The highest BCUT2D eigenvalue weighted by Crippen LogP contribution is 2.09. The lowest BCUT2D eigenvalue weighted by Gasteiger charge is -2.17. The van der Waals surface area contributed by atoms with Crippen LogP contribution in [0.5, 0.6) is 0 Å². The van der Waals surface area contributed by atoms with Crippen LogP contribution in [0.1, 0.15) is 33.6 Å². The second-order valence-electron chi connectivity index (χ2n) is 5.69. The first-order chi connectivity index (χ1) is 9.87. The second kappa shape index (κ2) is 8.77. The molecule has 0 aromatic carbocycles. The number of hydrogen-bond acceptors (Lipinski definition) is 4. The van der Waals surface area contributed by atoms with Gasteiger partial charge in [0.15, 0.2) is 0 Å². The summed E-state index contributed by atoms with van der Waals surface area (Å²) in [5.41, 5.74) is -0.890. The third-order valence-corrected chi connectivity index (χ3v) is 2.68. The molecule has 1 rings (SSSR count). The number of hydrogen-bond donors (Lipinski definition) is 2. The van der Waals surface area contributed by atoms with Crippen molar-refractivity contribution in [2.45, 2.75) is 51.4 Å². The van der Waals surface area contributed by atoms with Crippen LogP contribution in [0.3, 0.4) is 0 Å². The lowest BCUT2D eigenvalue weighted by atomic mass is 10.1. The molecule has 0 saturated carbocycles. The third-order valence-electron chi connectivity index (χ3n) is 2.68. The minimum absolute atomic E-state index is 0.00000553. The predicted octanol–water partition coefficient (Wildman–Crippen LogP) is 2.04. The number of unbranched alkanes of at least 4 members (excludes halogenated alkanes) is 1. The molecule has 1 amide bonds. The van der Waals surface area contributed by atoms with Crippen molar-refractivity contribution >= 4 is 5.91 Å². The number of amides is 1. The highest BCUT2D eigenvalue weighted by atomic mass is 17.2. The molecule has 1 aliphatic rings. The lowest BCUT2D eigenvalue weighted by Crippen LogP contribution is -2.37. The first kappa shape index (κ1) is 17.6. The van der Waals surface area contributed by atoms with Crippen LogP contribution in [0, 0.1) is 0 Å². The zero-order valence-electron chi connectivity index (χ0n) is 12.9. The first-order valence-electron chi connectivity index (χ1n) is 7.21. The van der Waals surface area contributed by atoms with E-state index < -0.39 is 5.60 Å². The van der Waals surface area contributed by atoms with E-state index >= 15 is 0 Å². The van der Waals surface area contributed by atoms with Crippen LogP contribution in [0.15, 0.2) is 36.5 Å². The predicted molar refractivity (Wildman–Crippen MR) is 81.4 cm³/mol. The lowest BCUT2D eigenvalue weighted by molar-refractivity contribution is -0.326. The monoisotopic (exact) mass is 295 g/mol. The van der Waals surface area contributed by atoms with Crippen LogP contribution in [-0.4, -0.2) is 35.4 Å². The fraction of sp³-hybridized carbons (Fsp3) is 0.562. The maximum Gasteiger partial charge on any atom is 0.243 e. The van der Waals surface area contributed by atoms with E-state index in [1.54, 1.807) is 19.9 Å². The van der Waals surface area contributed by atoms with Crippen molar-refractivity contribution in [3.05, 3.63) is 36.5 Å². The van der Waals surface area contributed by atoms with E-state index in [-0.39, 0.29) is 24.7 Å². The van der Waals surface area contributed by atoms with Crippen LogP contribution in [0.25, 0.3) is 0 Å². The quantitative estimate of drug-likeness (QED) is 0.326. The molecule has 0 saturated heterocycles. The number of aliphatic hydroxyl groups is 1. The molecule has 5 heteroatoms. The second-order valence-corrected chi connectivity index (χ2v) is 5.69. The summed E-state index contributed by atoms with van der Waals surface area (Å²) in [6.45, 7) is 5.44. The Morgan fingerprint density at radius 1 is 1.29 bits per heavy atom. The summed E-state index contributed by atoms with van der Waals surface area (Å²) in [6, 6.07) is 0. The molecule has 21 heavy (non-hydrogen) atoms. The van der Waals surface area contributed by atoms with Gasteiger partial charge in [-0.3, -0.25) is 4.79 Å². The van der Waals surface area contributed by atoms with Crippen molar-refractivity contribution in [3.8, 4) is 0 Å². The number of allylic oxidation sites excluding steroid dienone is 2. The van der Waals surface area contributed by atoms with Gasteiger partial charge in [-0.05, 0) is 39.7 Å². The molecule has 0 aromatic rings. The van der Waals surface area contributed by atoms with Crippen LogP contribution in [0.4, 0.5) is 0 Å². The van der Waals surface area contributed by atoms with Crippen LogP contribution < -0.4 is 5.32 Å². The van der Waals surface area contributed by atoms with Crippen molar-refractivity contribution in [3.63, 3.8) is 0 Å². The molecule has 0 aliphatic carbocycles. The van der Waals surface area contributed by atoms with Crippen molar-refractivity contribution in [1.29, 1.82) is 0 Å². The van der Waals surface area contributed by atoms with Gasteiger partial charge >= 0.3 is 0 Å².